The van der Waals surface area contributed by atoms with Crippen LogP contribution in [0.25, 0.3) is 0 Å². The zero-order valence-corrected chi connectivity index (χ0v) is 11.3. The van der Waals surface area contributed by atoms with Crippen molar-refractivity contribution in [2.24, 2.45) is 0 Å². The van der Waals surface area contributed by atoms with Crippen molar-refractivity contribution in [3.05, 3.63) is 23.4 Å². The van der Waals surface area contributed by atoms with E-state index in [1.54, 1.807) is 26.2 Å². The van der Waals surface area contributed by atoms with Crippen LogP contribution in [0.4, 0.5) is 5.82 Å². The maximum absolute atomic E-state index is 10.9. The third-order valence-corrected chi connectivity index (χ3v) is 2.76. The molecule has 0 unspecified atom stereocenters. The molecule has 1 aromatic heterocycles. The van der Waals surface area contributed by atoms with Gasteiger partial charge in [-0.1, -0.05) is 0 Å². The van der Waals surface area contributed by atoms with Crippen molar-refractivity contribution in [2.75, 3.05) is 25.2 Å². The maximum atomic E-state index is 10.9. The first-order valence-electron chi connectivity index (χ1n) is 5.94. The molecule has 0 fully saturated rings. The molecule has 0 bridgehead atoms. The first kappa shape index (κ1) is 14.4. The lowest BCUT2D eigenvalue weighted by molar-refractivity contribution is 0.0695. The molecule has 0 saturated carbocycles. The Morgan fingerprint density at radius 1 is 1.50 bits per heavy atom. The van der Waals surface area contributed by atoms with E-state index in [9.17, 15) is 4.79 Å². The molecule has 5 heteroatoms. The molecule has 1 heterocycles. The van der Waals surface area contributed by atoms with Crippen LogP contribution in [0, 0.1) is 6.92 Å². The number of methoxy groups -OCH3 is 1. The van der Waals surface area contributed by atoms with Gasteiger partial charge in [0, 0.05) is 19.7 Å². The van der Waals surface area contributed by atoms with Gasteiger partial charge in [0.05, 0.1) is 17.9 Å². The number of carboxylic acids is 1. The second kappa shape index (κ2) is 6.35. The molecule has 0 saturated heterocycles. The van der Waals surface area contributed by atoms with Gasteiger partial charge in [0.2, 0.25) is 0 Å². The Morgan fingerprint density at radius 3 is 2.61 bits per heavy atom. The van der Waals surface area contributed by atoms with Crippen LogP contribution in [-0.2, 0) is 4.74 Å². The van der Waals surface area contributed by atoms with E-state index in [4.69, 9.17) is 9.84 Å². The van der Waals surface area contributed by atoms with E-state index < -0.39 is 5.97 Å². The van der Waals surface area contributed by atoms with Crippen molar-refractivity contribution in [3.63, 3.8) is 0 Å². The van der Waals surface area contributed by atoms with Crippen molar-refractivity contribution in [1.29, 1.82) is 0 Å². The van der Waals surface area contributed by atoms with E-state index in [1.165, 1.54) is 0 Å². The van der Waals surface area contributed by atoms with Gasteiger partial charge in [0.25, 0.3) is 0 Å². The van der Waals surface area contributed by atoms with E-state index in [0.717, 1.165) is 12.4 Å². The fourth-order valence-electron chi connectivity index (χ4n) is 1.76. The van der Waals surface area contributed by atoms with Crippen LogP contribution in [0.15, 0.2) is 12.1 Å². The second-order valence-electron chi connectivity index (χ2n) is 4.39. The van der Waals surface area contributed by atoms with Gasteiger partial charge in [-0.2, -0.15) is 0 Å². The van der Waals surface area contributed by atoms with Gasteiger partial charge >= 0.3 is 5.97 Å². The summed E-state index contributed by atoms with van der Waals surface area (Å²) in [5.41, 5.74) is 0.775. The highest BCUT2D eigenvalue weighted by Gasteiger charge is 2.14. The lowest BCUT2D eigenvalue weighted by atomic mass is 10.2. The van der Waals surface area contributed by atoms with E-state index in [-0.39, 0.29) is 11.6 Å². The summed E-state index contributed by atoms with van der Waals surface area (Å²) in [6, 6.07) is 3.62. The predicted octanol–water partition coefficient (Wildman–Crippen LogP) is 1.95. The number of aryl methyl sites for hydroxylation is 1. The Bertz CT molecular complexity index is 419. The van der Waals surface area contributed by atoms with E-state index >= 15 is 0 Å². The van der Waals surface area contributed by atoms with E-state index in [0.29, 0.717) is 12.3 Å². The van der Waals surface area contributed by atoms with Gasteiger partial charge in [0.15, 0.2) is 0 Å². The summed E-state index contributed by atoms with van der Waals surface area (Å²) in [4.78, 5) is 17.4. The first-order valence-corrected chi connectivity index (χ1v) is 5.94. The van der Waals surface area contributed by atoms with Gasteiger partial charge in [-0.15, -0.1) is 0 Å². The van der Waals surface area contributed by atoms with Gasteiger partial charge in [-0.25, -0.2) is 9.78 Å². The highest BCUT2D eigenvalue weighted by atomic mass is 16.5. The molecular formula is C13H20N2O3. The Kier molecular flexibility index (Phi) is 5.09. The molecular weight excluding hydrogens is 232 g/mol. The third-order valence-electron chi connectivity index (χ3n) is 2.76. The summed E-state index contributed by atoms with van der Waals surface area (Å²) in [6.07, 6.45) is 0. The minimum atomic E-state index is -0.945. The molecule has 0 radical (unpaired) electrons. The average molecular weight is 252 g/mol. The summed E-state index contributed by atoms with van der Waals surface area (Å²) in [5, 5.41) is 8.97. The topological polar surface area (TPSA) is 62.7 Å². The van der Waals surface area contributed by atoms with Crippen molar-refractivity contribution < 1.29 is 14.6 Å². The van der Waals surface area contributed by atoms with Crippen molar-refractivity contribution >= 4 is 11.8 Å². The van der Waals surface area contributed by atoms with Crippen LogP contribution in [-0.4, -0.2) is 42.4 Å². The average Bonchev–Trinajstić information content (AvgIpc) is 2.28. The molecule has 1 aromatic rings. The number of carbonyl (C=O) groups is 1. The van der Waals surface area contributed by atoms with Gasteiger partial charge in [0.1, 0.15) is 5.82 Å². The number of hydrogen-bond acceptors (Lipinski definition) is 4. The zero-order valence-electron chi connectivity index (χ0n) is 11.3. The summed E-state index contributed by atoms with van der Waals surface area (Å²) < 4.78 is 5.07. The number of pyridine rings is 1. The normalized spacial score (nSPS) is 10.7. The summed E-state index contributed by atoms with van der Waals surface area (Å²) in [5.74, 6) is -0.163. The van der Waals surface area contributed by atoms with Crippen molar-refractivity contribution in [1.82, 2.24) is 4.98 Å². The third kappa shape index (κ3) is 3.43. The predicted molar refractivity (Wildman–Crippen MR) is 70.3 cm³/mol. The fourth-order valence-corrected chi connectivity index (χ4v) is 1.76. The maximum Gasteiger partial charge on any atom is 0.337 e. The summed E-state index contributed by atoms with van der Waals surface area (Å²) >= 11 is 0. The molecule has 18 heavy (non-hydrogen) atoms. The Balaban J connectivity index is 2.99. The Hall–Kier alpha value is -1.62. The van der Waals surface area contributed by atoms with Crippen molar-refractivity contribution in [2.45, 2.75) is 26.8 Å². The molecule has 0 aliphatic rings. The molecule has 0 amide bonds. The molecule has 0 aromatic carbocycles. The fraction of sp³-hybridized carbons (Fsp3) is 0.538. The van der Waals surface area contributed by atoms with Crippen LogP contribution in [0.3, 0.4) is 0 Å². The molecule has 0 atom stereocenters. The quantitative estimate of drug-likeness (QED) is 0.838. The smallest absolute Gasteiger partial charge is 0.337 e. The molecule has 0 aliphatic carbocycles. The number of nitrogens with zero attached hydrogens (tertiary/aromatic N) is 2. The standard InChI is InChI=1S/C13H20N2O3/c1-9(2)15(7-8-18-4)12-6-5-11(13(16)17)10(3)14-12/h5-6,9H,7-8H2,1-4H3,(H,16,17). The minimum Gasteiger partial charge on any atom is -0.478 e. The molecule has 1 N–H and O–H groups in total. The van der Waals surface area contributed by atoms with Gasteiger partial charge in [-0.3, -0.25) is 0 Å². The molecule has 100 valence electrons. The second-order valence-corrected chi connectivity index (χ2v) is 4.39. The van der Waals surface area contributed by atoms with Crippen LogP contribution < -0.4 is 4.90 Å². The molecule has 1 rings (SSSR count). The van der Waals surface area contributed by atoms with Crippen LogP contribution in [0.5, 0.6) is 0 Å². The highest BCUT2D eigenvalue weighted by molar-refractivity contribution is 5.89. The molecule has 5 nitrogen and oxygen atoms in total. The van der Waals surface area contributed by atoms with Crippen LogP contribution in [0.1, 0.15) is 29.9 Å². The van der Waals surface area contributed by atoms with Gasteiger partial charge in [-0.05, 0) is 32.9 Å². The van der Waals surface area contributed by atoms with Crippen LogP contribution in [0.2, 0.25) is 0 Å². The zero-order chi connectivity index (χ0) is 13.7. The lowest BCUT2D eigenvalue weighted by Gasteiger charge is -2.28. The number of aromatic nitrogens is 1. The number of carboxylic acid groups (broad SMARTS) is 1. The van der Waals surface area contributed by atoms with E-state index in [2.05, 4.69) is 23.7 Å². The van der Waals surface area contributed by atoms with Crippen molar-refractivity contribution in [3.8, 4) is 0 Å². The Morgan fingerprint density at radius 2 is 2.17 bits per heavy atom. The van der Waals surface area contributed by atoms with E-state index in [1.807, 2.05) is 0 Å². The summed E-state index contributed by atoms with van der Waals surface area (Å²) in [7, 11) is 1.66. The monoisotopic (exact) mass is 252 g/mol. The molecule has 0 spiro atoms. The number of rotatable bonds is 6. The first-order chi connectivity index (χ1) is 8.47. The van der Waals surface area contributed by atoms with Crippen LogP contribution >= 0.6 is 0 Å². The lowest BCUT2D eigenvalue weighted by Crippen LogP contribution is -2.34. The van der Waals surface area contributed by atoms with Gasteiger partial charge < -0.3 is 14.7 Å². The number of hydrogen-bond donors (Lipinski definition) is 1. The molecule has 0 aliphatic heterocycles. The highest BCUT2D eigenvalue weighted by Crippen LogP contribution is 2.17. The summed E-state index contributed by atoms with van der Waals surface area (Å²) in [6.45, 7) is 7.18. The number of ether oxygens (including phenoxy) is 1. The Labute approximate surface area is 107 Å². The number of aromatic carboxylic acids is 1. The SMILES string of the molecule is COCCN(c1ccc(C(=O)O)c(C)n1)C(C)C. The minimum absolute atomic E-state index is 0.245. The number of anilines is 1. The largest absolute Gasteiger partial charge is 0.478 e.